The Morgan fingerprint density at radius 2 is 2.05 bits per heavy atom. The van der Waals surface area contributed by atoms with Gasteiger partial charge in [0.25, 0.3) is 11.6 Å². The number of amides is 1. The number of nitrogens with one attached hydrogen (secondary N) is 2. The zero-order valence-electron chi connectivity index (χ0n) is 11.3. The average Bonchev–Trinajstić information content (AvgIpc) is 2.47. The van der Waals surface area contributed by atoms with E-state index in [4.69, 9.17) is 4.74 Å². The number of carbonyl (C=O) groups excluding carboxylic acids is 1. The van der Waals surface area contributed by atoms with Crippen molar-refractivity contribution in [1.82, 2.24) is 0 Å². The van der Waals surface area contributed by atoms with E-state index < -0.39 is 4.92 Å². The van der Waals surface area contributed by atoms with Crippen LogP contribution in [0.1, 0.15) is 6.92 Å². The van der Waals surface area contributed by atoms with Gasteiger partial charge in [-0.2, -0.15) is 0 Å². The highest BCUT2D eigenvalue weighted by molar-refractivity contribution is 5.95. The zero-order chi connectivity index (χ0) is 14.5. The van der Waals surface area contributed by atoms with Crippen LogP contribution in [-0.2, 0) is 9.53 Å². The summed E-state index contributed by atoms with van der Waals surface area (Å²) in [5.41, 5.74) is 0.145. The molecule has 1 aliphatic rings. The van der Waals surface area contributed by atoms with Crippen LogP contribution in [0.25, 0.3) is 0 Å². The van der Waals surface area contributed by atoms with Crippen molar-refractivity contribution >= 4 is 17.3 Å². The van der Waals surface area contributed by atoms with E-state index in [9.17, 15) is 14.9 Å². The van der Waals surface area contributed by atoms with Crippen LogP contribution in [0, 0.1) is 10.1 Å². The summed E-state index contributed by atoms with van der Waals surface area (Å²) >= 11 is 0. The van der Waals surface area contributed by atoms with Gasteiger partial charge >= 0.3 is 0 Å². The second-order valence-electron chi connectivity index (χ2n) is 4.76. The normalized spacial score (nSPS) is 17.4. The average molecular weight is 280 g/mol. The second kappa shape index (κ2) is 6.44. The third-order valence-corrected chi connectivity index (χ3v) is 3.50. The number of hydrogen-bond donors (Lipinski definition) is 2. The fourth-order valence-electron chi connectivity index (χ4n) is 2.23. The molecule has 0 aliphatic carbocycles. The molecule has 1 aromatic carbocycles. The van der Waals surface area contributed by atoms with E-state index in [0.717, 1.165) is 18.0 Å². The number of carbonyl (C=O) groups is 1. The van der Waals surface area contributed by atoms with Crippen molar-refractivity contribution in [2.75, 3.05) is 31.6 Å². The first kappa shape index (κ1) is 14.4. The van der Waals surface area contributed by atoms with Crippen LogP contribution in [0.5, 0.6) is 0 Å². The molecule has 0 spiro atoms. The highest BCUT2D eigenvalue weighted by Crippen LogP contribution is 2.22. The molecular formula is C13H18N3O4+. The van der Waals surface area contributed by atoms with E-state index >= 15 is 0 Å². The Morgan fingerprint density at radius 1 is 1.40 bits per heavy atom. The predicted molar refractivity (Wildman–Crippen MR) is 72.7 cm³/mol. The minimum Gasteiger partial charge on any atom is -0.370 e. The topological polar surface area (TPSA) is 85.9 Å². The number of hydrogen-bond acceptors (Lipinski definition) is 4. The van der Waals surface area contributed by atoms with E-state index in [2.05, 4.69) is 5.32 Å². The Kier molecular flexibility index (Phi) is 4.65. The van der Waals surface area contributed by atoms with Crippen molar-refractivity contribution in [2.24, 2.45) is 0 Å². The van der Waals surface area contributed by atoms with Crippen molar-refractivity contribution < 1.29 is 19.4 Å². The molecule has 7 heteroatoms. The fraction of sp³-hybridized carbons (Fsp3) is 0.462. The third-order valence-electron chi connectivity index (χ3n) is 3.50. The molecule has 0 unspecified atom stereocenters. The fourth-order valence-corrected chi connectivity index (χ4v) is 2.23. The molecule has 20 heavy (non-hydrogen) atoms. The summed E-state index contributed by atoms with van der Waals surface area (Å²) < 4.78 is 5.26. The van der Waals surface area contributed by atoms with Gasteiger partial charge in [0.1, 0.15) is 18.8 Å². The van der Waals surface area contributed by atoms with Gasteiger partial charge in [-0.05, 0) is 13.0 Å². The van der Waals surface area contributed by atoms with Gasteiger partial charge in [-0.3, -0.25) is 14.9 Å². The maximum absolute atomic E-state index is 12.2. The minimum absolute atomic E-state index is 0.0926. The number of quaternary nitrogens is 1. The summed E-state index contributed by atoms with van der Waals surface area (Å²) in [5.74, 6) is -0.212. The number of para-hydroxylation sites is 2. The van der Waals surface area contributed by atoms with Gasteiger partial charge in [0.2, 0.25) is 0 Å². The van der Waals surface area contributed by atoms with E-state index in [1.807, 2.05) is 6.92 Å². The first-order chi connectivity index (χ1) is 9.59. The van der Waals surface area contributed by atoms with E-state index in [1.54, 1.807) is 12.1 Å². The summed E-state index contributed by atoms with van der Waals surface area (Å²) in [6.45, 7) is 4.64. The number of ether oxygens (including phenoxy) is 1. The minimum atomic E-state index is -0.498. The Hall–Kier alpha value is -1.99. The number of nitro benzene ring substituents is 1. The van der Waals surface area contributed by atoms with Gasteiger partial charge in [0.05, 0.1) is 18.1 Å². The van der Waals surface area contributed by atoms with Crippen LogP contribution in [0.2, 0.25) is 0 Å². The molecule has 0 aromatic heterocycles. The summed E-state index contributed by atoms with van der Waals surface area (Å²) in [6, 6.07) is 5.89. The maximum atomic E-state index is 12.2. The summed E-state index contributed by atoms with van der Waals surface area (Å²) in [6.07, 6.45) is 0. The maximum Gasteiger partial charge on any atom is 0.292 e. The van der Waals surface area contributed by atoms with Crippen molar-refractivity contribution in [1.29, 1.82) is 0 Å². The van der Waals surface area contributed by atoms with E-state index in [1.165, 1.54) is 12.1 Å². The first-order valence-corrected chi connectivity index (χ1v) is 6.56. The molecule has 1 amide bonds. The quantitative estimate of drug-likeness (QED) is 0.592. The molecule has 7 nitrogen and oxygen atoms in total. The smallest absolute Gasteiger partial charge is 0.292 e. The van der Waals surface area contributed by atoms with Gasteiger partial charge < -0.3 is 15.0 Å². The Bertz CT molecular complexity index is 500. The van der Waals surface area contributed by atoms with Crippen LogP contribution < -0.4 is 10.2 Å². The zero-order valence-corrected chi connectivity index (χ0v) is 11.3. The lowest BCUT2D eigenvalue weighted by Gasteiger charge is -2.28. The number of nitrogens with zero attached hydrogens (tertiary/aromatic N) is 1. The highest BCUT2D eigenvalue weighted by Gasteiger charge is 2.28. The molecule has 1 heterocycles. The Labute approximate surface area is 116 Å². The SMILES string of the molecule is C[C@H](C(=O)Nc1ccccc1[N+](=O)[O-])[NH+]1CCOCC1. The predicted octanol–water partition coefficient (Wildman–Crippen LogP) is -0.163. The highest BCUT2D eigenvalue weighted by atomic mass is 16.6. The lowest BCUT2D eigenvalue weighted by atomic mass is 10.2. The van der Waals surface area contributed by atoms with Crippen molar-refractivity contribution in [2.45, 2.75) is 13.0 Å². The number of benzene rings is 1. The molecule has 1 atom stereocenters. The lowest BCUT2D eigenvalue weighted by molar-refractivity contribution is -0.921. The molecule has 0 radical (unpaired) electrons. The van der Waals surface area contributed by atoms with Gasteiger partial charge in [-0.15, -0.1) is 0 Å². The molecule has 2 N–H and O–H groups in total. The van der Waals surface area contributed by atoms with Crippen LogP contribution in [0.4, 0.5) is 11.4 Å². The summed E-state index contributed by atoms with van der Waals surface area (Å²) in [7, 11) is 0. The number of anilines is 1. The van der Waals surface area contributed by atoms with Crippen LogP contribution in [0.3, 0.4) is 0 Å². The summed E-state index contributed by atoms with van der Waals surface area (Å²) in [5, 5.41) is 13.6. The second-order valence-corrected chi connectivity index (χ2v) is 4.76. The monoisotopic (exact) mass is 280 g/mol. The first-order valence-electron chi connectivity index (χ1n) is 6.56. The van der Waals surface area contributed by atoms with Crippen molar-refractivity contribution in [3.05, 3.63) is 34.4 Å². The Morgan fingerprint density at radius 3 is 2.70 bits per heavy atom. The molecule has 1 aromatic rings. The van der Waals surface area contributed by atoms with Crippen LogP contribution in [0.15, 0.2) is 24.3 Å². The number of nitro groups is 1. The van der Waals surface area contributed by atoms with E-state index in [0.29, 0.717) is 13.2 Å². The molecule has 0 bridgehead atoms. The van der Waals surface area contributed by atoms with Gasteiger partial charge in [0.15, 0.2) is 6.04 Å². The molecule has 1 aliphatic heterocycles. The van der Waals surface area contributed by atoms with Crippen LogP contribution >= 0.6 is 0 Å². The lowest BCUT2D eigenvalue weighted by Crippen LogP contribution is -3.18. The van der Waals surface area contributed by atoms with Crippen molar-refractivity contribution in [3.8, 4) is 0 Å². The number of morpholine rings is 1. The number of rotatable bonds is 4. The standard InChI is InChI=1S/C13H17N3O4/c1-10(15-6-8-20-9-7-15)13(17)14-11-4-2-3-5-12(11)16(18)19/h2-5,10H,6-9H2,1H3,(H,14,17)/p+1/t10-/m1/s1. The Balaban J connectivity index is 2.05. The van der Waals surface area contributed by atoms with E-state index in [-0.39, 0.29) is 23.3 Å². The molecule has 108 valence electrons. The third kappa shape index (κ3) is 3.31. The largest absolute Gasteiger partial charge is 0.370 e. The molecule has 1 saturated heterocycles. The molecule has 0 saturated carbocycles. The van der Waals surface area contributed by atoms with Crippen LogP contribution in [-0.4, -0.2) is 43.2 Å². The van der Waals surface area contributed by atoms with Gasteiger partial charge in [0, 0.05) is 6.07 Å². The molecule has 2 rings (SSSR count). The van der Waals surface area contributed by atoms with Crippen molar-refractivity contribution in [3.63, 3.8) is 0 Å². The van der Waals surface area contributed by atoms with Gasteiger partial charge in [-0.25, -0.2) is 0 Å². The summed E-state index contributed by atoms with van der Waals surface area (Å²) in [4.78, 5) is 23.7. The molecular weight excluding hydrogens is 262 g/mol. The molecule has 1 fully saturated rings. The van der Waals surface area contributed by atoms with Gasteiger partial charge in [-0.1, -0.05) is 12.1 Å².